The zero-order valence-corrected chi connectivity index (χ0v) is 15.8. The van der Waals surface area contributed by atoms with Crippen LogP contribution in [0.1, 0.15) is 35.6 Å². The van der Waals surface area contributed by atoms with Gasteiger partial charge in [0, 0.05) is 37.6 Å². The highest BCUT2D eigenvalue weighted by Crippen LogP contribution is 2.27. The molecule has 2 fully saturated rings. The van der Waals surface area contributed by atoms with Crippen molar-refractivity contribution < 1.29 is 9.53 Å². The molecule has 0 aromatic carbocycles. The number of amides is 1. The number of hydrogen-bond acceptors (Lipinski definition) is 7. The van der Waals surface area contributed by atoms with Crippen LogP contribution in [0.25, 0.3) is 10.8 Å². The van der Waals surface area contributed by atoms with Gasteiger partial charge in [0.25, 0.3) is 5.91 Å². The number of carbonyl (C=O) groups is 1. The van der Waals surface area contributed by atoms with Gasteiger partial charge in [-0.1, -0.05) is 6.92 Å². The van der Waals surface area contributed by atoms with E-state index in [1.54, 1.807) is 18.5 Å². The molecule has 0 saturated carbocycles. The zero-order chi connectivity index (χ0) is 18.1. The molecule has 0 bridgehead atoms. The van der Waals surface area contributed by atoms with Crippen molar-refractivity contribution in [3.05, 3.63) is 29.0 Å². The molecular formula is C18H23N5O2S. The third-order valence-corrected chi connectivity index (χ3v) is 6.02. The van der Waals surface area contributed by atoms with Crippen molar-refractivity contribution in [1.29, 1.82) is 0 Å². The van der Waals surface area contributed by atoms with Crippen LogP contribution in [0, 0.1) is 0 Å². The number of hydrogen-bond donors (Lipinski definition) is 1. The van der Waals surface area contributed by atoms with Gasteiger partial charge in [-0.15, -0.1) is 11.3 Å². The van der Waals surface area contributed by atoms with Crippen LogP contribution in [0.5, 0.6) is 0 Å². The summed E-state index contributed by atoms with van der Waals surface area (Å²) in [4.78, 5) is 29.0. The van der Waals surface area contributed by atoms with E-state index in [2.05, 4.69) is 32.1 Å². The molecule has 2 aliphatic heterocycles. The highest BCUT2D eigenvalue weighted by Gasteiger charge is 2.37. The van der Waals surface area contributed by atoms with Crippen LogP contribution in [0.2, 0.25) is 0 Å². The number of nitrogens with zero attached hydrogens (tertiary/aromatic N) is 4. The Hall–Kier alpha value is -1.90. The summed E-state index contributed by atoms with van der Waals surface area (Å²) < 4.78 is 5.74. The van der Waals surface area contributed by atoms with Gasteiger partial charge in [0.1, 0.15) is 4.88 Å². The first-order chi connectivity index (χ1) is 12.6. The molecule has 2 saturated heterocycles. The minimum atomic E-state index is -0.0413. The standard InChI is InChI=1S/C18H23N5O2S/c1-3-14-15(26-18(22-14)16-19-5-4-6-20-16)17(24)21-12-7-13-10-25-11(2)8-23(13)9-12/h4-6,11-13H,3,7-10H2,1-2H3,(H,21,24)/t11-,12-,13+/m1/s1. The predicted molar refractivity (Wildman–Crippen MR) is 99.2 cm³/mol. The molecule has 138 valence electrons. The van der Waals surface area contributed by atoms with E-state index in [1.165, 1.54) is 11.3 Å². The summed E-state index contributed by atoms with van der Waals surface area (Å²) in [6, 6.07) is 2.34. The van der Waals surface area contributed by atoms with E-state index in [-0.39, 0.29) is 18.1 Å². The minimum absolute atomic E-state index is 0.0413. The van der Waals surface area contributed by atoms with Gasteiger partial charge in [0.05, 0.1) is 18.4 Å². The van der Waals surface area contributed by atoms with Gasteiger partial charge in [0.15, 0.2) is 10.8 Å². The quantitative estimate of drug-likeness (QED) is 0.880. The van der Waals surface area contributed by atoms with Crippen molar-refractivity contribution in [3.8, 4) is 10.8 Å². The molecule has 0 unspecified atom stereocenters. The molecule has 2 aliphatic rings. The Labute approximate surface area is 156 Å². The van der Waals surface area contributed by atoms with Crippen LogP contribution < -0.4 is 5.32 Å². The van der Waals surface area contributed by atoms with Crippen LogP contribution in [-0.4, -0.2) is 63.6 Å². The number of fused-ring (bicyclic) bond motifs is 1. The van der Waals surface area contributed by atoms with Gasteiger partial charge in [-0.2, -0.15) is 0 Å². The maximum atomic E-state index is 12.9. The molecule has 26 heavy (non-hydrogen) atoms. The molecule has 4 heterocycles. The fourth-order valence-electron chi connectivity index (χ4n) is 3.67. The maximum absolute atomic E-state index is 12.9. The summed E-state index contributed by atoms with van der Waals surface area (Å²) in [6.07, 6.45) is 5.28. The summed E-state index contributed by atoms with van der Waals surface area (Å²) in [7, 11) is 0. The third-order valence-electron chi connectivity index (χ3n) is 4.92. The Bertz CT molecular complexity index is 781. The Morgan fingerprint density at radius 1 is 1.38 bits per heavy atom. The average molecular weight is 373 g/mol. The van der Waals surface area contributed by atoms with Crippen molar-refractivity contribution in [2.45, 2.75) is 44.9 Å². The third kappa shape index (κ3) is 3.49. The first-order valence-corrected chi connectivity index (χ1v) is 9.89. The Morgan fingerprint density at radius 2 is 2.19 bits per heavy atom. The van der Waals surface area contributed by atoms with E-state index in [0.29, 0.717) is 28.2 Å². The van der Waals surface area contributed by atoms with Crippen LogP contribution in [-0.2, 0) is 11.2 Å². The molecule has 7 nitrogen and oxygen atoms in total. The number of rotatable bonds is 4. The second-order valence-electron chi connectivity index (χ2n) is 6.88. The molecule has 2 aromatic rings. The number of thiazole rings is 1. The lowest BCUT2D eigenvalue weighted by Crippen LogP contribution is -2.45. The van der Waals surface area contributed by atoms with Crippen molar-refractivity contribution in [2.24, 2.45) is 0 Å². The minimum Gasteiger partial charge on any atom is -0.376 e. The van der Waals surface area contributed by atoms with Gasteiger partial charge in [-0.25, -0.2) is 15.0 Å². The van der Waals surface area contributed by atoms with Crippen LogP contribution in [0.15, 0.2) is 18.5 Å². The second-order valence-corrected chi connectivity index (χ2v) is 7.88. The summed E-state index contributed by atoms with van der Waals surface area (Å²) >= 11 is 1.37. The van der Waals surface area contributed by atoms with Gasteiger partial charge < -0.3 is 10.1 Å². The van der Waals surface area contributed by atoms with E-state index in [4.69, 9.17) is 4.74 Å². The van der Waals surface area contributed by atoms with Gasteiger partial charge in [0.2, 0.25) is 0 Å². The Balaban J connectivity index is 1.47. The van der Waals surface area contributed by atoms with Crippen molar-refractivity contribution in [2.75, 3.05) is 19.7 Å². The summed E-state index contributed by atoms with van der Waals surface area (Å²) in [6.45, 7) is 6.69. The zero-order valence-electron chi connectivity index (χ0n) is 15.0. The maximum Gasteiger partial charge on any atom is 0.263 e. The SMILES string of the molecule is CCc1nc(-c2ncccn2)sc1C(=O)N[C@@H]1C[C@H]2CO[C@H](C)CN2C1. The number of aromatic nitrogens is 3. The van der Waals surface area contributed by atoms with E-state index in [0.717, 1.165) is 31.8 Å². The topological polar surface area (TPSA) is 80.2 Å². The van der Waals surface area contributed by atoms with Gasteiger partial charge in [-0.3, -0.25) is 9.69 Å². The van der Waals surface area contributed by atoms with Crippen LogP contribution in [0.4, 0.5) is 0 Å². The number of aryl methyl sites for hydroxylation is 1. The molecule has 0 radical (unpaired) electrons. The first-order valence-electron chi connectivity index (χ1n) is 9.07. The summed E-state index contributed by atoms with van der Waals surface area (Å²) in [5, 5.41) is 3.89. The molecular weight excluding hydrogens is 350 g/mol. The highest BCUT2D eigenvalue weighted by molar-refractivity contribution is 7.17. The molecule has 3 atom stereocenters. The number of ether oxygens (including phenoxy) is 1. The number of morpholine rings is 1. The normalized spacial score (nSPS) is 25.8. The van der Waals surface area contributed by atoms with Crippen molar-refractivity contribution >= 4 is 17.2 Å². The fraction of sp³-hybridized carbons (Fsp3) is 0.556. The summed E-state index contributed by atoms with van der Waals surface area (Å²) in [5.74, 6) is 0.524. The van der Waals surface area contributed by atoms with Crippen molar-refractivity contribution in [3.63, 3.8) is 0 Å². The van der Waals surface area contributed by atoms with Gasteiger partial charge >= 0.3 is 0 Å². The highest BCUT2D eigenvalue weighted by atomic mass is 32.1. The second kappa shape index (κ2) is 7.38. The number of nitrogens with one attached hydrogen (secondary N) is 1. The molecule has 0 aliphatic carbocycles. The van der Waals surface area contributed by atoms with E-state index < -0.39 is 0 Å². The van der Waals surface area contributed by atoms with E-state index in [1.807, 2.05) is 6.92 Å². The average Bonchev–Trinajstić information content (AvgIpc) is 3.25. The smallest absolute Gasteiger partial charge is 0.263 e. The first kappa shape index (κ1) is 17.5. The monoisotopic (exact) mass is 373 g/mol. The summed E-state index contributed by atoms with van der Waals surface area (Å²) in [5.41, 5.74) is 0.808. The largest absolute Gasteiger partial charge is 0.376 e. The molecule has 4 rings (SSSR count). The predicted octanol–water partition coefficient (Wildman–Crippen LogP) is 1.75. The lowest BCUT2D eigenvalue weighted by molar-refractivity contribution is -0.0390. The van der Waals surface area contributed by atoms with Crippen LogP contribution in [0.3, 0.4) is 0 Å². The Kier molecular flexibility index (Phi) is 4.97. The molecule has 0 spiro atoms. The molecule has 1 amide bonds. The molecule has 8 heteroatoms. The van der Waals surface area contributed by atoms with E-state index >= 15 is 0 Å². The van der Waals surface area contributed by atoms with Crippen LogP contribution >= 0.6 is 11.3 Å². The number of carbonyl (C=O) groups excluding carboxylic acids is 1. The van der Waals surface area contributed by atoms with Gasteiger partial charge in [-0.05, 0) is 25.8 Å². The fourth-order valence-corrected chi connectivity index (χ4v) is 4.67. The molecule has 2 aromatic heterocycles. The molecule has 1 N–H and O–H groups in total. The lowest BCUT2D eigenvalue weighted by atomic mass is 10.1. The lowest BCUT2D eigenvalue weighted by Gasteiger charge is -2.33. The van der Waals surface area contributed by atoms with E-state index in [9.17, 15) is 4.79 Å². The Morgan fingerprint density at radius 3 is 2.96 bits per heavy atom. The van der Waals surface area contributed by atoms with Crippen molar-refractivity contribution in [1.82, 2.24) is 25.2 Å².